The van der Waals surface area contributed by atoms with Crippen molar-refractivity contribution in [1.29, 1.82) is 0 Å². The Hall–Kier alpha value is -1.50. The lowest BCUT2D eigenvalue weighted by atomic mass is 10.2. The Labute approximate surface area is 119 Å². The molecule has 2 aromatic heterocycles. The number of rotatable bonds is 4. The number of carbonyl (C=O) groups excluding carboxylic acids is 2. The standard InChI is InChI=1S/C8H10O3S.C5H4OS/c1-2-11-8(10)7(9)6-3-4-12-5-6;6-3-5-1-2-7-4-5/h3-5,7,9H,2H2,1H3;1-4H. The molecule has 1 atom stereocenters. The van der Waals surface area contributed by atoms with Gasteiger partial charge in [0, 0.05) is 16.5 Å². The summed E-state index contributed by atoms with van der Waals surface area (Å²) in [6, 6.07) is 3.49. The molecule has 2 rings (SSSR count). The largest absolute Gasteiger partial charge is 0.464 e. The maximum atomic E-state index is 11.0. The molecule has 0 amide bonds. The quantitative estimate of drug-likeness (QED) is 0.696. The van der Waals surface area contributed by atoms with E-state index in [2.05, 4.69) is 4.74 Å². The Morgan fingerprint density at radius 2 is 2.05 bits per heavy atom. The van der Waals surface area contributed by atoms with Gasteiger partial charge in [-0.05, 0) is 35.2 Å². The van der Waals surface area contributed by atoms with Crippen LogP contribution in [0.2, 0.25) is 0 Å². The first kappa shape index (κ1) is 15.6. The lowest BCUT2D eigenvalue weighted by Crippen LogP contribution is -2.14. The summed E-state index contributed by atoms with van der Waals surface area (Å²) >= 11 is 2.97. The molecule has 0 aliphatic rings. The minimum absolute atomic E-state index is 0.292. The smallest absolute Gasteiger partial charge is 0.339 e. The van der Waals surface area contributed by atoms with Crippen LogP contribution in [-0.4, -0.2) is 24.0 Å². The summed E-state index contributed by atoms with van der Waals surface area (Å²) in [5, 5.41) is 16.6. The lowest BCUT2D eigenvalue weighted by Gasteiger charge is -2.06. The molecular weight excluding hydrogens is 284 g/mol. The van der Waals surface area contributed by atoms with Gasteiger partial charge in [0.05, 0.1) is 6.61 Å². The van der Waals surface area contributed by atoms with Crippen molar-refractivity contribution in [2.45, 2.75) is 13.0 Å². The van der Waals surface area contributed by atoms with Crippen molar-refractivity contribution in [3.8, 4) is 0 Å². The summed E-state index contributed by atoms with van der Waals surface area (Å²) in [4.78, 5) is 20.8. The van der Waals surface area contributed by atoms with Crippen molar-refractivity contribution in [1.82, 2.24) is 0 Å². The Bertz CT molecular complexity index is 477. The summed E-state index contributed by atoms with van der Waals surface area (Å²) in [5.41, 5.74) is 1.36. The molecule has 4 nitrogen and oxygen atoms in total. The maximum absolute atomic E-state index is 11.0. The van der Waals surface area contributed by atoms with E-state index in [9.17, 15) is 14.7 Å². The van der Waals surface area contributed by atoms with Crippen LogP contribution in [0.4, 0.5) is 0 Å². The third-order valence-corrected chi connectivity index (χ3v) is 3.45. The Morgan fingerprint density at radius 1 is 1.37 bits per heavy atom. The molecule has 102 valence electrons. The molecular formula is C13H14O4S2. The number of aliphatic hydroxyl groups excluding tert-OH is 1. The van der Waals surface area contributed by atoms with E-state index in [-0.39, 0.29) is 0 Å². The second-order valence-electron chi connectivity index (χ2n) is 3.39. The third kappa shape index (κ3) is 5.34. The zero-order chi connectivity index (χ0) is 14.1. The first-order chi connectivity index (χ1) is 9.19. The van der Waals surface area contributed by atoms with Gasteiger partial charge in [-0.3, -0.25) is 4.79 Å². The van der Waals surface area contributed by atoms with Gasteiger partial charge in [0.15, 0.2) is 12.4 Å². The summed E-state index contributed by atoms with van der Waals surface area (Å²) < 4.78 is 4.64. The number of aldehydes is 1. The van der Waals surface area contributed by atoms with Crippen molar-refractivity contribution in [3.05, 3.63) is 44.8 Å². The van der Waals surface area contributed by atoms with Crippen LogP contribution in [0.1, 0.15) is 28.9 Å². The Morgan fingerprint density at radius 3 is 2.47 bits per heavy atom. The van der Waals surface area contributed by atoms with E-state index in [0.717, 1.165) is 11.8 Å². The van der Waals surface area contributed by atoms with Gasteiger partial charge in [0.25, 0.3) is 0 Å². The van der Waals surface area contributed by atoms with Crippen LogP contribution in [0, 0.1) is 0 Å². The maximum Gasteiger partial charge on any atom is 0.339 e. The van der Waals surface area contributed by atoms with Gasteiger partial charge in [-0.1, -0.05) is 0 Å². The molecule has 1 unspecified atom stereocenters. The van der Waals surface area contributed by atoms with Crippen LogP contribution in [0.15, 0.2) is 33.7 Å². The van der Waals surface area contributed by atoms with Crippen molar-refractivity contribution in [2.24, 2.45) is 0 Å². The minimum atomic E-state index is -1.13. The molecule has 0 fully saturated rings. The first-order valence-corrected chi connectivity index (χ1v) is 7.41. The number of hydrogen-bond donors (Lipinski definition) is 1. The number of aliphatic hydroxyl groups is 1. The van der Waals surface area contributed by atoms with Crippen molar-refractivity contribution < 1.29 is 19.4 Å². The van der Waals surface area contributed by atoms with E-state index in [1.54, 1.807) is 29.8 Å². The van der Waals surface area contributed by atoms with E-state index >= 15 is 0 Å². The number of ether oxygens (including phenoxy) is 1. The summed E-state index contributed by atoms with van der Waals surface area (Å²) in [5.74, 6) is -0.587. The molecule has 0 aliphatic carbocycles. The molecule has 0 bridgehead atoms. The minimum Gasteiger partial charge on any atom is -0.464 e. The van der Waals surface area contributed by atoms with Crippen LogP contribution in [0.25, 0.3) is 0 Å². The lowest BCUT2D eigenvalue weighted by molar-refractivity contribution is -0.153. The highest BCUT2D eigenvalue weighted by Gasteiger charge is 2.18. The zero-order valence-corrected chi connectivity index (χ0v) is 11.9. The van der Waals surface area contributed by atoms with Crippen molar-refractivity contribution in [2.75, 3.05) is 6.61 Å². The van der Waals surface area contributed by atoms with Gasteiger partial charge in [-0.15, -0.1) is 0 Å². The summed E-state index contributed by atoms with van der Waals surface area (Å²) in [6.45, 7) is 2.00. The molecule has 0 saturated carbocycles. The fraction of sp³-hybridized carbons (Fsp3) is 0.231. The second kappa shape index (κ2) is 8.58. The summed E-state index contributed by atoms with van der Waals surface area (Å²) in [6.07, 6.45) is -0.285. The number of thiophene rings is 2. The van der Waals surface area contributed by atoms with Gasteiger partial charge < -0.3 is 9.84 Å². The highest BCUT2D eigenvalue weighted by molar-refractivity contribution is 7.08. The van der Waals surface area contributed by atoms with Gasteiger partial charge in [0.2, 0.25) is 0 Å². The molecule has 0 spiro atoms. The number of esters is 1. The van der Waals surface area contributed by atoms with Crippen molar-refractivity contribution in [3.63, 3.8) is 0 Å². The number of hydrogen-bond acceptors (Lipinski definition) is 6. The Balaban J connectivity index is 0.000000218. The highest BCUT2D eigenvalue weighted by Crippen LogP contribution is 2.17. The van der Waals surface area contributed by atoms with Crippen LogP contribution < -0.4 is 0 Å². The zero-order valence-electron chi connectivity index (χ0n) is 10.3. The predicted octanol–water partition coefficient (Wildman–Crippen LogP) is 2.91. The number of carbonyl (C=O) groups is 2. The molecule has 0 saturated heterocycles. The molecule has 0 aliphatic heterocycles. The van der Waals surface area contributed by atoms with Crippen LogP contribution in [0.5, 0.6) is 0 Å². The van der Waals surface area contributed by atoms with Crippen molar-refractivity contribution >= 4 is 34.9 Å². The van der Waals surface area contributed by atoms with Crippen LogP contribution in [-0.2, 0) is 9.53 Å². The van der Waals surface area contributed by atoms with Gasteiger partial charge in [-0.25, -0.2) is 4.79 Å². The molecule has 2 aromatic rings. The monoisotopic (exact) mass is 298 g/mol. The average Bonchev–Trinajstić information content (AvgIpc) is 3.11. The normalized spacial score (nSPS) is 11.1. The molecule has 19 heavy (non-hydrogen) atoms. The summed E-state index contributed by atoms with van der Waals surface area (Å²) in [7, 11) is 0. The molecule has 2 heterocycles. The Kier molecular flexibility index (Phi) is 7.02. The predicted molar refractivity (Wildman–Crippen MR) is 75.6 cm³/mol. The van der Waals surface area contributed by atoms with E-state index < -0.39 is 12.1 Å². The average molecular weight is 298 g/mol. The van der Waals surface area contributed by atoms with E-state index in [1.165, 1.54) is 22.7 Å². The van der Waals surface area contributed by atoms with E-state index in [1.807, 2.05) is 10.8 Å². The molecule has 1 N–H and O–H groups in total. The van der Waals surface area contributed by atoms with Gasteiger partial charge in [0.1, 0.15) is 0 Å². The van der Waals surface area contributed by atoms with E-state index in [4.69, 9.17) is 0 Å². The fourth-order valence-electron chi connectivity index (χ4n) is 1.13. The molecule has 0 radical (unpaired) electrons. The second-order valence-corrected chi connectivity index (χ2v) is 4.95. The van der Waals surface area contributed by atoms with Crippen LogP contribution in [0.3, 0.4) is 0 Å². The highest BCUT2D eigenvalue weighted by atomic mass is 32.1. The topological polar surface area (TPSA) is 63.6 Å². The third-order valence-electron chi connectivity index (χ3n) is 2.05. The van der Waals surface area contributed by atoms with Gasteiger partial charge in [-0.2, -0.15) is 22.7 Å². The first-order valence-electron chi connectivity index (χ1n) is 5.53. The SMILES string of the molecule is CCOC(=O)C(O)c1ccsc1.O=Cc1ccsc1. The molecule has 6 heteroatoms. The molecule has 0 aromatic carbocycles. The van der Waals surface area contributed by atoms with E-state index in [0.29, 0.717) is 12.2 Å². The van der Waals surface area contributed by atoms with Gasteiger partial charge >= 0.3 is 5.97 Å². The fourth-order valence-corrected chi connectivity index (χ4v) is 2.41. The van der Waals surface area contributed by atoms with Crippen LogP contribution >= 0.6 is 22.7 Å².